The van der Waals surface area contributed by atoms with Crippen LogP contribution >= 0.6 is 15.9 Å². The van der Waals surface area contributed by atoms with E-state index in [9.17, 15) is 5.11 Å². The first kappa shape index (κ1) is 13.1. The lowest BCUT2D eigenvalue weighted by Crippen LogP contribution is -2.20. The van der Waals surface area contributed by atoms with Crippen LogP contribution in [-0.4, -0.2) is 11.2 Å². The second kappa shape index (κ2) is 6.01. The number of aliphatic hydroxyl groups excluding tert-OH is 1. The van der Waals surface area contributed by atoms with Crippen LogP contribution in [0.3, 0.4) is 0 Å². The molecule has 1 saturated carbocycles. The highest BCUT2D eigenvalue weighted by Crippen LogP contribution is 2.35. The SMILES string of the molecule is CCC1CCC(C(O)Cc2cccc(Br)c2)C1. The van der Waals surface area contributed by atoms with Gasteiger partial charge in [-0.15, -0.1) is 0 Å². The third-order valence-corrected chi connectivity index (χ3v) is 4.53. The van der Waals surface area contributed by atoms with Gasteiger partial charge in [0.2, 0.25) is 0 Å². The molecule has 0 amide bonds. The maximum absolute atomic E-state index is 10.3. The quantitative estimate of drug-likeness (QED) is 0.884. The molecule has 0 aliphatic heterocycles. The Morgan fingerprint density at radius 2 is 2.24 bits per heavy atom. The van der Waals surface area contributed by atoms with Gasteiger partial charge in [-0.1, -0.05) is 47.8 Å². The molecule has 0 heterocycles. The van der Waals surface area contributed by atoms with Crippen LogP contribution in [0, 0.1) is 11.8 Å². The smallest absolute Gasteiger partial charge is 0.0608 e. The molecule has 1 N–H and O–H groups in total. The summed E-state index contributed by atoms with van der Waals surface area (Å²) in [4.78, 5) is 0. The van der Waals surface area contributed by atoms with E-state index in [1.165, 1.54) is 31.2 Å². The number of halogens is 1. The van der Waals surface area contributed by atoms with Gasteiger partial charge in [-0.05, 0) is 48.8 Å². The number of hydrogen-bond donors (Lipinski definition) is 1. The standard InChI is InChI=1S/C15H21BrO/c1-2-11-6-7-13(8-11)15(17)10-12-4-3-5-14(16)9-12/h3-5,9,11,13,15,17H,2,6-8,10H2,1H3. The lowest BCUT2D eigenvalue weighted by Gasteiger charge is -2.18. The summed E-state index contributed by atoms with van der Waals surface area (Å²) >= 11 is 3.47. The maximum Gasteiger partial charge on any atom is 0.0608 e. The molecule has 0 aromatic heterocycles. The Labute approximate surface area is 112 Å². The Bertz CT molecular complexity index is 364. The summed E-state index contributed by atoms with van der Waals surface area (Å²) in [5.41, 5.74) is 1.23. The van der Waals surface area contributed by atoms with Crippen LogP contribution in [0.4, 0.5) is 0 Å². The molecular formula is C15H21BrO. The van der Waals surface area contributed by atoms with Gasteiger partial charge in [-0.25, -0.2) is 0 Å². The van der Waals surface area contributed by atoms with E-state index in [4.69, 9.17) is 0 Å². The Hall–Kier alpha value is -0.340. The fourth-order valence-corrected chi connectivity index (χ4v) is 3.35. The monoisotopic (exact) mass is 296 g/mol. The number of rotatable bonds is 4. The third-order valence-electron chi connectivity index (χ3n) is 4.04. The lowest BCUT2D eigenvalue weighted by atomic mass is 9.93. The van der Waals surface area contributed by atoms with Crippen molar-refractivity contribution in [3.63, 3.8) is 0 Å². The minimum absolute atomic E-state index is 0.166. The maximum atomic E-state index is 10.3. The van der Waals surface area contributed by atoms with E-state index in [2.05, 4.69) is 35.0 Å². The molecule has 3 atom stereocenters. The highest BCUT2D eigenvalue weighted by atomic mass is 79.9. The van der Waals surface area contributed by atoms with E-state index in [0.29, 0.717) is 5.92 Å². The van der Waals surface area contributed by atoms with E-state index in [0.717, 1.165) is 16.8 Å². The van der Waals surface area contributed by atoms with Gasteiger partial charge >= 0.3 is 0 Å². The van der Waals surface area contributed by atoms with Crippen LogP contribution in [-0.2, 0) is 6.42 Å². The Morgan fingerprint density at radius 1 is 1.41 bits per heavy atom. The molecule has 1 nitrogen and oxygen atoms in total. The molecular weight excluding hydrogens is 276 g/mol. The molecule has 0 bridgehead atoms. The van der Waals surface area contributed by atoms with Crippen LogP contribution in [0.1, 0.15) is 38.2 Å². The summed E-state index contributed by atoms with van der Waals surface area (Å²) in [6.07, 6.45) is 5.61. The van der Waals surface area contributed by atoms with E-state index in [-0.39, 0.29) is 6.10 Å². The van der Waals surface area contributed by atoms with E-state index >= 15 is 0 Å². The zero-order chi connectivity index (χ0) is 12.3. The van der Waals surface area contributed by atoms with Gasteiger partial charge in [0.25, 0.3) is 0 Å². The molecule has 1 aliphatic rings. The molecule has 17 heavy (non-hydrogen) atoms. The van der Waals surface area contributed by atoms with Gasteiger partial charge in [0.1, 0.15) is 0 Å². The molecule has 1 aromatic carbocycles. The first-order valence-electron chi connectivity index (χ1n) is 6.61. The molecule has 2 heteroatoms. The number of aliphatic hydroxyl groups is 1. The van der Waals surface area contributed by atoms with Crippen molar-refractivity contribution in [2.24, 2.45) is 11.8 Å². The second-order valence-corrected chi connectivity index (χ2v) is 6.16. The summed E-state index contributed by atoms with van der Waals surface area (Å²) in [7, 11) is 0. The summed E-state index contributed by atoms with van der Waals surface area (Å²) in [6, 6.07) is 8.27. The molecule has 3 unspecified atom stereocenters. The van der Waals surface area contributed by atoms with E-state index in [1.807, 2.05) is 12.1 Å². The predicted octanol–water partition coefficient (Wildman–Crippen LogP) is 4.18. The van der Waals surface area contributed by atoms with Crippen molar-refractivity contribution in [2.75, 3.05) is 0 Å². The zero-order valence-corrected chi connectivity index (χ0v) is 12.0. The molecule has 1 aromatic rings. The van der Waals surface area contributed by atoms with Crippen molar-refractivity contribution in [3.05, 3.63) is 34.3 Å². The summed E-state index contributed by atoms with van der Waals surface area (Å²) in [6.45, 7) is 2.26. The molecule has 1 aliphatic carbocycles. The van der Waals surface area contributed by atoms with Gasteiger partial charge < -0.3 is 5.11 Å². The molecule has 0 spiro atoms. The first-order chi connectivity index (χ1) is 8.19. The van der Waals surface area contributed by atoms with Gasteiger partial charge in [0.05, 0.1) is 6.10 Å². The summed E-state index contributed by atoms with van der Waals surface area (Å²) in [5, 5.41) is 10.3. The van der Waals surface area contributed by atoms with Crippen LogP contribution in [0.2, 0.25) is 0 Å². The van der Waals surface area contributed by atoms with Crippen molar-refractivity contribution in [3.8, 4) is 0 Å². The predicted molar refractivity (Wildman–Crippen MR) is 75.0 cm³/mol. The Kier molecular flexibility index (Phi) is 4.63. The van der Waals surface area contributed by atoms with E-state index < -0.39 is 0 Å². The highest BCUT2D eigenvalue weighted by Gasteiger charge is 2.28. The Morgan fingerprint density at radius 3 is 2.88 bits per heavy atom. The minimum Gasteiger partial charge on any atom is -0.392 e. The van der Waals surface area contributed by atoms with E-state index in [1.54, 1.807) is 0 Å². The van der Waals surface area contributed by atoms with Gasteiger partial charge in [-0.2, -0.15) is 0 Å². The fraction of sp³-hybridized carbons (Fsp3) is 0.600. The largest absolute Gasteiger partial charge is 0.392 e. The van der Waals surface area contributed by atoms with Crippen molar-refractivity contribution < 1.29 is 5.11 Å². The van der Waals surface area contributed by atoms with Crippen LogP contribution < -0.4 is 0 Å². The van der Waals surface area contributed by atoms with Crippen molar-refractivity contribution in [2.45, 2.75) is 45.1 Å². The molecule has 0 radical (unpaired) electrons. The van der Waals surface area contributed by atoms with Crippen molar-refractivity contribution in [1.82, 2.24) is 0 Å². The molecule has 94 valence electrons. The van der Waals surface area contributed by atoms with Crippen LogP contribution in [0.25, 0.3) is 0 Å². The van der Waals surface area contributed by atoms with Gasteiger partial charge in [0, 0.05) is 4.47 Å². The molecule has 1 fully saturated rings. The molecule has 2 rings (SSSR count). The number of benzene rings is 1. The third kappa shape index (κ3) is 3.56. The highest BCUT2D eigenvalue weighted by molar-refractivity contribution is 9.10. The van der Waals surface area contributed by atoms with Crippen molar-refractivity contribution in [1.29, 1.82) is 0 Å². The normalized spacial score (nSPS) is 26.1. The Balaban J connectivity index is 1.91. The average Bonchev–Trinajstić information content (AvgIpc) is 2.77. The van der Waals surface area contributed by atoms with Gasteiger partial charge in [0.15, 0.2) is 0 Å². The minimum atomic E-state index is -0.166. The van der Waals surface area contributed by atoms with Crippen molar-refractivity contribution >= 4 is 15.9 Å². The lowest BCUT2D eigenvalue weighted by molar-refractivity contribution is 0.108. The average molecular weight is 297 g/mol. The topological polar surface area (TPSA) is 20.2 Å². The van der Waals surface area contributed by atoms with Gasteiger partial charge in [-0.3, -0.25) is 0 Å². The summed E-state index contributed by atoms with van der Waals surface area (Å²) < 4.78 is 1.10. The first-order valence-corrected chi connectivity index (χ1v) is 7.41. The van der Waals surface area contributed by atoms with Crippen LogP contribution in [0.5, 0.6) is 0 Å². The van der Waals surface area contributed by atoms with Crippen LogP contribution in [0.15, 0.2) is 28.7 Å². The molecule has 0 saturated heterocycles. The summed E-state index contributed by atoms with van der Waals surface area (Å²) in [5.74, 6) is 1.36. The fourth-order valence-electron chi connectivity index (χ4n) is 2.91. The zero-order valence-electron chi connectivity index (χ0n) is 10.4. The second-order valence-electron chi connectivity index (χ2n) is 5.25. The number of hydrogen-bond acceptors (Lipinski definition) is 1.